The number of halogens is 3. The summed E-state index contributed by atoms with van der Waals surface area (Å²) in [5.74, 6) is 0. The summed E-state index contributed by atoms with van der Waals surface area (Å²) >= 11 is 16.4. The van der Waals surface area contributed by atoms with E-state index in [2.05, 4.69) is 19.6 Å². The normalized spacial score (nSPS) is 13.6. The fourth-order valence-corrected chi connectivity index (χ4v) is 1.42. The smallest absolute Gasteiger partial charge is 0.213 e. The fourth-order valence-electron chi connectivity index (χ4n) is 0.473. The second kappa shape index (κ2) is 4.33. The van der Waals surface area contributed by atoms with Crippen molar-refractivity contribution >= 4 is 42.9 Å². The van der Waals surface area contributed by atoms with Gasteiger partial charge in [-0.1, -0.05) is 54.4 Å². The summed E-state index contributed by atoms with van der Waals surface area (Å²) in [5, 5.41) is 0. The first-order valence-corrected chi connectivity index (χ1v) is 8.19. The Kier molecular flexibility index (Phi) is 4.74. The van der Waals surface area contributed by atoms with Crippen LogP contribution >= 0.6 is 34.8 Å². The first-order chi connectivity index (χ1) is 4.71. The van der Waals surface area contributed by atoms with Gasteiger partial charge in [-0.2, -0.15) is 0 Å². The van der Waals surface area contributed by atoms with E-state index in [0.29, 0.717) is 0 Å². The van der Waals surface area contributed by atoms with Crippen LogP contribution in [0.1, 0.15) is 0 Å². The van der Waals surface area contributed by atoms with Gasteiger partial charge in [0.05, 0.1) is 14.7 Å². The lowest BCUT2D eigenvalue weighted by Crippen LogP contribution is -2.30. The van der Waals surface area contributed by atoms with E-state index in [-0.39, 0.29) is 6.61 Å². The third kappa shape index (κ3) is 11.0. The molecule has 68 valence electrons. The third-order valence-corrected chi connectivity index (χ3v) is 2.20. The van der Waals surface area contributed by atoms with Gasteiger partial charge in [-0.05, 0) is 0 Å². The molecule has 0 amide bonds. The summed E-state index contributed by atoms with van der Waals surface area (Å²) in [4.78, 5) is 0. The van der Waals surface area contributed by atoms with Gasteiger partial charge in [-0.15, -0.1) is 0 Å². The van der Waals surface area contributed by atoms with Crippen molar-refractivity contribution in [3.63, 3.8) is 0 Å². The highest BCUT2D eigenvalue weighted by atomic mass is 35.6. The molecule has 0 aliphatic carbocycles. The molecular weight excluding hydrogens is 223 g/mol. The SMILES string of the molecule is C[Si](C)(C)COCC(Cl)(Cl)Cl. The molecule has 0 heterocycles. The van der Waals surface area contributed by atoms with Crippen molar-refractivity contribution in [3.8, 4) is 0 Å². The minimum absolute atomic E-state index is 0.182. The highest BCUT2D eigenvalue weighted by molar-refractivity contribution is 6.76. The monoisotopic (exact) mass is 234 g/mol. The van der Waals surface area contributed by atoms with Crippen molar-refractivity contribution in [1.29, 1.82) is 0 Å². The zero-order valence-electron chi connectivity index (χ0n) is 6.96. The molecule has 0 radical (unpaired) electrons. The van der Waals surface area contributed by atoms with Crippen molar-refractivity contribution in [2.24, 2.45) is 0 Å². The molecule has 0 bridgehead atoms. The summed E-state index contributed by atoms with van der Waals surface area (Å²) in [5.41, 5.74) is 0. The van der Waals surface area contributed by atoms with Gasteiger partial charge in [0.1, 0.15) is 0 Å². The number of hydrogen-bond donors (Lipinski definition) is 0. The summed E-state index contributed by atoms with van der Waals surface area (Å²) < 4.78 is 3.96. The van der Waals surface area contributed by atoms with Crippen LogP contribution in [0.15, 0.2) is 0 Å². The van der Waals surface area contributed by atoms with Gasteiger partial charge in [-0.3, -0.25) is 0 Å². The maximum Gasteiger partial charge on any atom is 0.213 e. The quantitative estimate of drug-likeness (QED) is 0.539. The molecule has 0 saturated carbocycles. The molecule has 5 heteroatoms. The van der Waals surface area contributed by atoms with E-state index in [1.807, 2.05) is 0 Å². The maximum atomic E-state index is 5.48. The summed E-state index contributed by atoms with van der Waals surface area (Å²) in [6.45, 7) is 6.78. The molecule has 0 N–H and O–H groups in total. The molecule has 0 aromatic rings. The molecule has 0 saturated heterocycles. The molecule has 0 rings (SSSR count). The maximum absolute atomic E-state index is 5.48. The lowest BCUT2D eigenvalue weighted by Gasteiger charge is -2.18. The third-order valence-electron chi connectivity index (χ3n) is 0.801. The van der Waals surface area contributed by atoms with Gasteiger partial charge in [-0.25, -0.2) is 0 Å². The Morgan fingerprint density at radius 3 is 1.91 bits per heavy atom. The molecule has 0 atom stereocenters. The van der Waals surface area contributed by atoms with Gasteiger partial charge >= 0.3 is 0 Å². The Hall–Kier alpha value is 1.05. The zero-order chi connectivity index (χ0) is 9.12. The Balaban J connectivity index is 3.44. The van der Waals surface area contributed by atoms with Crippen LogP contribution in [0.5, 0.6) is 0 Å². The summed E-state index contributed by atoms with van der Waals surface area (Å²) in [7, 11) is -1.16. The van der Waals surface area contributed by atoms with Crippen LogP contribution in [0.25, 0.3) is 0 Å². The zero-order valence-corrected chi connectivity index (χ0v) is 10.2. The van der Waals surface area contributed by atoms with Gasteiger partial charge in [0, 0.05) is 6.23 Å². The van der Waals surface area contributed by atoms with Gasteiger partial charge in [0.25, 0.3) is 0 Å². The molecule has 0 spiro atoms. The molecule has 1 nitrogen and oxygen atoms in total. The summed E-state index contributed by atoms with van der Waals surface area (Å²) in [6.07, 6.45) is 0.737. The second-order valence-electron chi connectivity index (χ2n) is 3.67. The van der Waals surface area contributed by atoms with Crippen LogP contribution in [0.4, 0.5) is 0 Å². The Bertz CT molecular complexity index is 102. The summed E-state index contributed by atoms with van der Waals surface area (Å²) in [6, 6.07) is 0. The van der Waals surface area contributed by atoms with Crippen molar-refractivity contribution in [2.45, 2.75) is 23.4 Å². The molecule has 0 fully saturated rings. The van der Waals surface area contributed by atoms with E-state index < -0.39 is 11.9 Å². The van der Waals surface area contributed by atoms with E-state index in [1.165, 1.54) is 0 Å². The Morgan fingerprint density at radius 1 is 1.18 bits per heavy atom. The van der Waals surface area contributed by atoms with Crippen LogP contribution in [0, 0.1) is 0 Å². The first-order valence-electron chi connectivity index (χ1n) is 3.35. The van der Waals surface area contributed by atoms with Crippen molar-refractivity contribution in [1.82, 2.24) is 0 Å². The standard InChI is InChI=1S/C6H13Cl3OSi/c1-11(2,3)5-10-4-6(7,8)9/h4-5H2,1-3H3. The predicted octanol–water partition coefficient (Wildman–Crippen LogP) is 3.25. The average Bonchev–Trinajstić information content (AvgIpc) is 1.55. The van der Waals surface area contributed by atoms with Gasteiger partial charge in [0.15, 0.2) is 0 Å². The van der Waals surface area contributed by atoms with E-state index in [1.54, 1.807) is 0 Å². The molecule has 0 unspecified atom stereocenters. The van der Waals surface area contributed by atoms with Crippen LogP contribution in [0.2, 0.25) is 19.6 Å². The van der Waals surface area contributed by atoms with E-state index in [0.717, 1.165) is 6.23 Å². The lowest BCUT2D eigenvalue weighted by atomic mass is 10.8. The van der Waals surface area contributed by atoms with E-state index >= 15 is 0 Å². The largest absolute Gasteiger partial charge is 0.380 e. The van der Waals surface area contributed by atoms with Crippen LogP contribution in [-0.4, -0.2) is 24.7 Å². The number of rotatable bonds is 3. The highest BCUT2D eigenvalue weighted by Gasteiger charge is 2.21. The second-order valence-corrected chi connectivity index (χ2v) is 11.6. The molecule has 11 heavy (non-hydrogen) atoms. The minimum atomic E-state index is -1.26. The number of ether oxygens (including phenoxy) is 1. The molecule has 0 aromatic heterocycles. The van der Waals surface area contributed by atoms with Crippen LogP contribution < -0.4 is 0 Å². The van der Waals surface area contributed by atoms with Gasteiger partial charge < -0.3 is 4.74 Å². The number of alkyl halides is 3. The van der Waals surface area contributed by atoms with E-state index in [4.69, 9.17) is 39.5 Å². The van der Waals surface area contributed by atoms with Gasteiger partial charge in [0.2, 0.25) is 3.79 Å². The first kappa shape index (κ1) is 12.0. The molecular formula is C6H13Cl3OSi. The Morgan fingerprint density at radius 2 is 1.64 bits per heavy atom. The molecule has 0 aliphatic heterocycles. The predicted molar refractivity (Wildman–Crippen MR) is 54.5 cm³/mol. The number of hydrogen-bond acceptors (Lipinski definition) is 1. The molecule has 0 aromatic carbocycles. The van der Waals surface area contributed by atoms with E-state index in [9.17, 15) is 0 Å². The minimum Gasteiger partial charge on any atom is -0.380 e. The van der Waals surface area contributed by atoms with Crippen LogP contribution in [-0.2, 0) is 4.74 Å². The Labute approximate surface area is 84.0 Å². The van der Waals surface area contributed by atoms with Crippen LogP contribution in [0.3, 0.4) is 0 Å². The topological polar surface area (TPSA) is 9.23 Å². The average molecular weight is 236 g/mol. The van der Waals surface area contributed by atoms with Crippen molar-refractivity contribution < 1.29 is 4.74 Å². The highest BCUT2D eigenvalue weighted by Crippen LogP contribution is 2.26. The van der Waals surface area contributed by atoms with Crippen molar-refractivity contribution in [2.75, 3.05) is 12.8 Å². The lowest BCUT2D eigenvalue weighted by molar-refractivity contribution is 0.179. The van der Waals surface area contributed by atoms with Crippen molar-refractivity contribution in [3.05, 3.63) is 0 Å². The molecule has 0 aliphatic rings. The fraction of sp³-hybridized carbons (Fsp3) is 1.00.